The first-order chi connectivity index (χ1) is 10.6. The van der Waals surface area contributed by atoms with Gasteiger partial charge in [-0.15, -0.1) is 0 Å². The Morgan fingerprint density at radius 3 is 3.18 bits per heavy atom. The summed E-state index contributed by atoms with van der Waals surface area (Å²) in [6.07, 6.45) is 4.12. The van der Waals surface area contributed by atoms with Crippen LogP contribution in [0.25, 0.3) is 0 Å². The number of fused-ring (bicyclic) bond motifs is 1. The van der Waals surface area contributed by atoms with Crippen LogP contribution in [0.5, 0.6) is 0 Å². The molecule has 2 atom stereocenters. The van der Waals surface area contributed by atoms with Crippen molar-refractivity contribution in [2.75, 3.05) is 38.2 Å². The highest BCUT2D eigenvalue weighted by Crippen LogP contribution is 2.31. The molecule has 22 heavy (non-hydrogen) atoms. The van der Waals surface area contributed by atoms with Gasteiger partial charge >= 0.3 is 0 Å². The van der Waals surface area contributed by atoms with E-state index in [-0.39, 0.29) is 12.1 Å². The van der Waals surface area contributed by atoms with Crippen LogP contribution in [0.2, 0.25) is 0 Å². The standard InChI is InChI=1S/C16H26N4O2/c1-12(2)15-17-6-5-14(19-15)18-9-16(10-21)11-22-8-13-4-3-7-20(13)16/h5-6,12-13,21H,3-4,7-11H2,1-2H3,(H,17,18,19)/t13-,16+/m0/s1. The predicted molar refractivity (Wildman–Crippen MR) is 85.0 cm³/mol. The number of nitrogens with zero attached hydrogens (tertiary/aromatic N) is 3. The summed E-state index contributed by atoms with van der Waals surface area (Å²) in [6, 6.07) is 2.32. The van der Waals surface area contributed by atoms with Crippen molar-refractivity contribution in [2.24, 2.45) is 0 Å². The molecule has 2 fully saturated rings. The molecule has 3 heterocycles. The van der Waals surface area contributed by atoms with Gasteiger partial charge in [-0.3, -0.25) is 4.90 Å². The minimum atomic E-state index is -0.345. The van der Waals surface area contributed by atoms with Crippen LogP contribution < -0.4 is 5.32 Å². The van der Waals surface area contributed by atoms with Crippen LogP contribution in [0.15, 0.2) is 12.3 Å². The lowest BCUT2D eigenvalue weighted by atomic mass is 9.96. The van der Waals surface area contributed by atoms with Crippen LogP contribution in [0.1, 0.15) is 38.4 Å². The highest BCUT2D eigenvalue weighted by Gasteiger charge is 2.45. The smallest absolute Gasteiger partial charge is 0.133 e. The van der Waals surface area contributed by atoms with E-state index >= 15 is 0 Å². The van der Waals surface area contributed by atoms with Gasteiger partial charge in [-0.1, -0.05) is 13.8 Å². The van der Waals surface area contributed by atoms with E-state index in [1.165, 1.54) is 6.42 Å². The number of anilines is 1. The Bertz CT molecular complexity index is 511. The third kappa shape index (κ3) is 2.95. The summed E-state index contributed by atoms with van der Waals surface area (Å²) >= 11 is 0. The molecule has 0 radical (unpaired) electrons. The summed E-state index contributed by atoms with van der Waals surface area (Å²) in [5, 5.41) is 13.4. The van der Waals surface area contributed by atoms with Gasteiger partial charge in [0.15, 0.2) is 0 Å². The number of hydrogen-bond acceptors (Lipinski definition) is 6. The van der Waals surface area contributed by atoms with Crippen molar-refractivity contribution >= 4 is 5.82 Å². The molecule has 0 bridgehead atoms. The second kappa shape index (κ2) is 6.48. The Morgan fingerprint density at radius 2 is 2.41 bits per heavy atom. The second-order valence-corrected chi connectivity index (χ2v) is 6.70. The Hall–Kier alpha value is -1.24. The zero-order valence-electron chi connectivity index (χ0n) is 13.5. The first-order valence-corrected chi connectivity index (χ1v) is 8.17. The SMILES string of the molecule is CC(C)c1nccc(NC[C@@]2(CO)COC[C@@H]3CCCN32)n1. The Morgan fingerprint density at radius 1 is 1.55 bits per heavy atom. The number of aromatic nitrogens is 2. The number of aliphatic hydroxyl groups excluding tert-OH is 1. The number of morpholine rings is 1. The summed E-state index contributed by atoms with van der Waals surface area (Å²) in [5.74, 6) is 1.95. The summed E-state index contributed by atoms with van der Waals surface area (Å²) in [5.41, 5.74) is -0.345. The van der Waals surface area contributed by atoms with Crippen molar-refractivity contribution in [3.63, 3.8) is 0 Å². The van der Waals surface area contributed by atoms with E-state index in [1.807, 2.05) is 6.07 Å². The average molecular weight is 306 g/mol. The van der Waals surface area contributed by atoms with Crippen molar-refractivity contribution in [1.29, 1.82) is 0 Å². The zero-order valence-corrected chi connectivity index (χ0v) is 13.5. The van der Waals surface area contributed by atoms with Gasteiger partial charge in [0, 0.05) is 24.7 Å². The molecular formula is C16H26N4O2. The summed E-state index contributed by atoms with van der Waals surface area (Å²) in [7, 11) is 0. The monoisotopic (exact) mass is 306 g/mol. The molecule has 122 valence electrons. The molecular weight excluding hydrogens is 280 g/mol. The molecule has 2 aliphatic heterocycles. The Kier molecular flexibility index (Phi) is 4.61. The van der Waals surface area contributed by atoms with Crippen LogP contribution in [0.4, 0.5) is 5.82 Å². The van der Waals surface area contributed by atoms with Gasteiger partial charge in [0.25, 0.3) is 0 Å². The zero-order chi connectivity index (χ0) is 15.6. The van der Waals surface area contributed by atoms with Gasteiger partial charge < -0.3 is 15.2 Å². The van der Waals surface area contributed by atoms with Crippen LogP contribution in [0, 0.1) is 0 Å². The van der Waals surface area contributed by atoms with Gasteiger partial charge in [-0.05, 0) is 25.5 Å². The van der Waals surface area contributed by atoms with Gasteiger partial charge in [-0.2, -0.15) is 0 Å². The van der Waals surface area contributed by atoms with Gasteiger partial charge in [-0.25, -0.2) is 9.97 Å². The van der Waals surface area contributed by atoms with Crippen molar-refractivity contribution in [3.8, 4) is 0 Å². The molecule has 1 aromatic rings. The highest BCUT2D eigenvalue weighted by molar-refractivity contribution is 5.34. The van der Waals surface area contributed by atoms with E-state index in [9.17, 15) is 5.11 Å². The molecule has 3 rings (SSSR count). The van der Waals surface area contributed by atoms with Crippen molar-refractivity contribution < 1.29 is 9.84 Å². The third-order valence-corrected chi connectivity index (χ3v) is 4.75. The van der Waals surface area contributed by atoms with E-state index in [0.717, 1.165) is 31.2 Å². The van der Waals surface area contributed by atoms with Crippen LogP contribution in [-0.4, -0.2) is 64.5 Å². The minimum absolute atomic E-state index is 0.0959. The topological polar surface area (TPSA) is 70.5 Å². The quantitative estimate of drug-likeness (QED) is 0.853. The Balaban J connectivity index is 1.71. The maximum Gasteiger partial charge on any atom is 0.133 e. The molecule has 0 saturated carbocycles. The molecule has 2 aliphatic rings. The molecule has 0 amide bonds. The average Bonchev–Trinajstić information content (AvgIpc) is 3.03. The molecule has 6 heteroatoms. The maximum absolute atomic E-state index is 10.0. The number of nitrogens with one attached hydrogen (secondary N) is 1. The van der Waals surface area contributed by atoms with Crippen LogP contribution in [-0.2, 0) is 4.74 Å². The van der Waals surface area contributed by atoms with E-state index in [1.54, 1.807) is 6.20 Å². The molecule has 0 spiro atoms. The molecule has 0 aliphatic carbocycles. The first kappa shape index (κ1) is 15.6. The maximum atomic E-state index is 10.0. The van der Waals surface area contributed by atoms with Crippen molar-refractivity contribution in [3.05, 3.63) is 18.1 Å². The lowest BCUT2D eigenvalue weighted by Gasteiger charge is -2.47. The van der Waals surface area contributed by atoms with Gasteiger partial charge in [0.05, 0.1) is 25.4 Å². The summed E-state index contributed by atoms with van der Waals surface area (Å²) in [6.45, 7) is 7.28. The van der Waals surface area contributed by atoms with E-state index < -0.39 is 0 Å². The number of aliphatic hydroxyl groups is 1. The third-order valence-electron chi connectivity index (χ3n) is 4.75. The summed E-state index contributed by atoms with van der Waals surface area (Å²) in [4.78, 5) is 11.3. The Labute approximate surface area is 131 Å². The van der Waals surface area contributed by atoms with Crippen LogP contribution >= 0.6 is 0 Å². The number of hydrogen-bond donors (Lipinski definition) is 2. The van der Waals surface area contributed by atoms with E-state index in [4.69, 9.17) is 4.74 Å². The fraction of sp³-hybridized carbons (Fsp3) is 0.750. The molecule has 0 aromatic carbocycles. The number of rotatable bonds is 5. The van der Waals surface area contributed by atoms with Crippen molar-refractivity contribution in [1.82, 2.24) is 14.9 Å². The van der Waals surface area contributed by atoms with Crippen LogP contribution in [0.3, 0.4) is 0 Å². The molecule has 2 N–H and O–H groups in total. The molecule has 1 aromatic heterocycles. The van der Waals surface area contributed by atoms with E-state index in [0.29, 0.717) is 25.1 Å². The minimum Gasteiger partial charge on any atom is -0.394 e. The fourth-order valence-electron chi connectivity index (χ4n) is 3.45. The van der Waals surface area contributed by atoms with Gasteiger partial charge in [0.1, 0.15) is 11.6 Å². The van der Waals surface area contributed by atoms with Gasteiger partial charge in [0.2, 0.25) is 0 Å². The van der Waals surface area contributed by atoms with E-state index in [2.05, 4.69) is 34.0 Å². The summed E-state index contributed by atoms with van der Waals surface area (Å²) < 4.78 is 5.77. The lowest BCUT2D eigenvalue weighted by molar-refractivity contribution is -0.101. The molecule has 2 saturated heterocycles. The van der Waals surface area contributed by atoms with Crippen molar-refractivity contribution in [2.45, 2.75) is 44.2 Å². The normalized spacial score (nSPS) is 28.8. The molecule has 0 unspecified atom stereocenters. The highest BCUT2D eigenvalue weighted by atomic mass is 16.5. The first-order valence-electron chi connectivity index (χ1n) is 8.17. The second-order valence-electron chi connectivity index (χ2n) is 6.70. The predicted octanol–water partition coefficient (Wildman–Crippen LogP) is 1.24. The fourth-order valence-corrected chi connectivity index (χ4v) is 3.45. The largest absolute Gasteiger partial charge is 0.394 e. The molecule has 6 nitrogen and oxygen atoms in total. The number of ether oxygens (including phenoxy) is 1. The lowest BCUT2D eigenvalue weighted by Crippen LogP contribution is -2.64.